The normalized spacial score (nSPS) is 10.3. The van der Waals surface area contributed by atoms with Crippen LogP contribution in [0.2, 0.25) is 0 Å². The summed E-state index contributed by atoms with van der Waals surface area (Å²) in [4.78, 5) is 4.33. The second kappa shape index (κ2) is 7.50. The van der Waals surface area contributed by atoms with E-state index in [0.29, 0.717) is 19.0 Å². The average molecular weight is 272 g/mol. The molecule has 0 atom stereocenters. The fourth-order valence-electron chi connectivity index (χ4n) is 1.83. The van der Waals surface area contributed by atoms with Crippen LogP contribution in [0, 0.1) is 6.92 Å². The molecule has 0 spiro atoms. The third kappa shape index (κ3) is 4.55. The summed E-state index contributed by atoms with van der Waals surface area (Å²) < 4.78 is 10.7. The van der Waals surface area contributed by atoms with Gasteiger partial charge in [-0.2, -0.15) is 0 Å². The summed E-state index contributed by atoms with van der Waals surface area (Å²) in [7, 11) is 1.62. The highest BCUT2D eigenvalue weighted by Gasteiger charge is 1.98. The lowest BCUT2D eigenvalue weighted by Gasteiger charge is -2.08. The van der Waals surface area contributed by atoms with E-state index >= 15 is 0 Å². The van der Waals surface area contributed by atoms with Crippen LogP contribution in [-0.2, 0) is 6.54 Å². The number of hydrogen-bond donors (Lipinski definition) is 1. The fourth-order valence-corrected chi connectivity index (χ4v) is 1.83. The zero-order valence-corrected chi connectivity index (χ0v) is 11.9. The minimum absolute atomic E-state index is 0.632. The zero-order valence-electron chi connectivity index (χ0n) is 11.9. The first-order chi connectivity index (χ1) is 9.78. The molecule has 20 heavy (non-hydrogen) atoms. The average Bonchev–Trinajstić information content (AvgIpc) is 2.47. The summed E-state index contributed by atoms with van der Waals surface area (Å²) in [6.07, 6.45) is 0. The van der Waals surface area contributed by atoms with Gasteiger partial charge in [0.15, 0.2) is 0 Å². The number of nitrogens with one attached hydrogen (secondary N) is 1. The van der Waals surface area contributed by atoms with Crippen molar-refractivity contribution >= 4 is 0 Å². The first-order valence-corrected chi connectivity index (χ1v) is 6.68. The van der Waals surface area contributed by atoms with Gasteiger partial charge in [-0.05, 0) is 30.7 Å². The zero-order chi connectivity index (χ0) is 14.2. The minimum Gasteiger partial charge on any atom is -0.492 e. The number of methoxy groups -OCH3 is 1. The molecule has 1 N–H and O–H groups in total. The Morgan fingerprint density at radius 3 is 2.80 bits per heavy atom. The Balaban J connectivity index is 1.68. The smallest absolute Gasteiger partial charge is 0.213 e. The quantitative estimate of drug-likeness (QED) is 0.787. The molecule has 0 unspecified atom stereocenters. The molecule has 2 rings (SSSR count). The summed E-state index contributed by atoms with van der Waals surface area (Å²) in [6, 6.07) is 13.8. The Kier molecular flexibility index (Phi) is 5.38. The Bertz CT molecular complexity index is 544. The van der Waals surface area contributed by atoms with Crippen molar-refractivity contribution < 1.29 is 9.47 Å². The van der Waals surface area contributed by atoms with E-state index in [1.54, 1.807) is 7.11 Å². The first-order valence-electron chi connectivity index (χ1n) is 6.68. The minimum atomic E-state index is 0.632. The number of hydrogen-bond acceptors (Lipinski definition) is 4. The Morgan fingerprint density at radius 1 is 1.15 bits per heavy atom. The van der Waals surface area contributed by atoms with E-state index in [1.165, 1.54) is 5.56 Å². The Labute approximate surface area is 119 Å². The molecule has 0 fully saturated rings. The number of nitrogens with zero attached hydrogens (tertiary/aromatic N) is 1. The topological polar surface area (TPSA) is 43.4 Å². The molecule has 1 heterocycles. The summed E-state index contributed by atoms with van der Waals surface area (Å²) in [5.74, 6) is 1.55. The number of aromatic nitrogens is 1. The largest absolute Gasteiger partial charge is 0.492 e. The van der Waals surface area contributed by atoms with E-state index in [2.05, 4.69) is 23.3 Å². The van der Waals surface area contributed by atoms with Gasteiger partial charge in [0.05, 0.1) is 12.8 Å². The maximum Gasteiger partial charge on any atom is 0.213 e. The second-order valence-electron chi connectivity index (χ2n) is 4.51. The number of ether oxygens (including phenoxy) is 2. The second-order valence-corrected chi connectivity index (χ2v) is 4.51. The summed E-state index contributed by atoms with van der Waals surface area (Å²) in [5, 5.41) is 3.29. The summed E-state index contributed by atoms with van der Waals surface area (Å²) in [6.45, 7) is 4.16. The fraction of sp³-hybridized carbons (Fsp3) is 0.312. The van der Waals surface area contributed by atoms with Gasteiger partial charge in [0.2, 0.25) is 5.88 Å². The van der Waals surface area contributed by atoms with Gasteiger partial charge in [-0.15, -0.1) is 0 Å². The lowest BCUT2D eigenvalue weighted by Crippen LogP contribution is -2.21. The van der Waals surface area contributed by atoms with Gasteiger partial charge in [-0.25, -0.2) is 4.98 Å². The van der Waals surface area contributed by atoms with Crippen LogP contribution in [-0.4, -0.2) is 25.2 Å². The van der Waals surface area contributed by atoms with E-state index in [1.807, 2.05) is 36.4 Å². The van der Waals surface area contributed by atoms with Crippen LogP contribution in [0.4, 0.5) is 0 Å². The molecule has 0 saturated heterocycles. The van der Waals surface area contributed by atoms with Gasteiger partial charge in [0, 0.05) is 19.2 Å². The molecule has 2 aromatic rings. The molecule has 4 nitrogen and oxygen atoms in total. The summed E-state index contributed by atoms with van der Waals surface area (Å²) in [5.41, 5.74) is 2.16. The predicted octanol–water partition coefficient (Wildman–Crippen LogP) is 2.57. The van der Waals surface area contributed by atoms with E-state index in [0.717, 1.165) is 18.0 Å². The standard InChI is InChI=1S/C16H20N2O2/c1-13-5-3-7-15(11-13)20-10-9-17-12-14-6-4-8-16(18-14)19-2/h3-8,11,17H,9-10,12H2,1-2H3. The van der Waals surface area contributed by atoms with Gasteiger partial charge < -0.3 is 14.8 Å². The van der Waals surface area contributed by atoms with Crippen LogP contribution in [0.15, 0.2) is 42.5 Å². The van der Waals surface area contributed by atoms with Crippen LogP contribution in [0.3, 0.4) is 0 Å². The lowest BCUT2D eigenvalue weighted by atomic mass is 10.2. The molecule has 106 valence electrons. The highest BCUT2D eigenvalue weighted by molar-refractivity contribution is 5.27. The first kappa shape index (κ1) is 14.3. The number of rotatable bonds is 7. The van der Waals surface area contributed by atoms with Gasteiger partial charge in [-0.1, -0.05) is 18.2 Å². The Morgan fingerprint density at radius 2 is 2.00 bits per heavy atom. The van der Waals surface area contributed by atoms with Gasteiger partial charge in [-0.3, -0.25) is 0 Å². The van der Waals surface area contributed by atoms with Gasteiger partial charge >= 0.3 is 0 Å². The van der Waals surface area contributed by atoms with E-state index in [9.17, 15) is 0 Å². The predicted molar refractivity (Wildman–Crippen MR) is 79.2 cm³/mol. The van der Waals surface area contributed by atoms with Crippen LogP contribution in [0.25, 0.3) is 0 Å². The SMILES string of the molecule is COc1cccc(CNCCOc2cccc(C)c2)n1. The number of benzene rings is 1. The molecule has 1 aromatic carbocycles. The highest BCUT2D eigenvalue weighted by atomic mass is 16.5. The van der Waals surface area contributed by atoms with Crippen LogP contribution in [0.1, 0.15) is 11.3 Å². The number of aryl methyl sites for hydroxylation is 1. The highest BCUT2D eigenvalue weighted by Crippen LogP contribution is 2.11. The van der Waals surface area contributed by atoms with E-state index in [4.69, 9.17) is 9.47 Å². The molecule has 0 aliphatic heterocycles. The van der Waals surface area contributed by atoms with E-state index < -0.39 is 0 Å². The molecule has 0 bridgehead atoms. The molecule has 0 aliphatic carbocycles. The monoisotopic (exact) mass is 272 g/mol. The molecule has 0 radical (unpaired) electrons. The summed E-state index contributed by atoms with van der Waals surface area (Å²) >= 11 is 0. The van der Waals surface area contributed by atoms with Crippen molar-refractivity contribution in [2.45, 2.75) is 13.5 Å². The molecule has 0 amide bonds. The van der Waals surface area contributed by atoms with Gasteiger partial charge in [0.25, 0.3) is 0 Å². The molecular formula is C16H20N2O2. The van der Waals surface area contributed by atoms with Crippen LogP contribution in [0.5, 0.6) is 11.6 Å². The van der Waals surface area contributed by atoms with Crippen molar-refractivity contribution in [1.29, 1.82) is 0 Å². The van der Waals surface area contributed by atoms with Crippen molar-refractivity contribution in [3.63, 3.8) is 0 Å². The maximum absolute atomic E-state index is 5.66. The molecule has 4 heteroatoms. The van der Waals surface area contributed by atoms with Gasteiger partial charge in [0.1, 0.15) is 12.4 Å². The van der Waals surface area contributed by atoms with Crippen LogP contribution >= 0.6 is 0 Å². The van der Waals surface area contributed by atoms with Crippen molar-refractivity contribution in [3.8, 4) is 11.6 Å². The van der Waals surface area contributed by atoms with E-state index in [-0.39, 0.29) is 0 Å². The number of pyridine rings is 1. The van der Waals surface area contributed by atoms with Crippen LogP contribution < -0.4 is 14.8 Å². The molecule has 1 aromatic heterocycles. The third-order valence-electron chi connectivity index (χ3n) is 2.83. The van der Waals surface area contributed by atoms with Crippen molar-refractivity contribution in [1.82, 2.24) is 10.3 Å². The molecule has 0 saturated carbocycles. The maximum atomic E-state index is 5.66. The lowest BCUT2D eigenvalue weighted by molar-refractivity contribution is 0.313. The molecule has 0 aliphatic rings. The third-order valence-corrected chi connectivity index (χ3v) is 2.83. The van der Waals surface area contributed by atoms with Crippen molar-refractivity contribution in [2.75, 3.05) is 20.3 Å². The Hall–Kier alpha value is -2.07. The van der Waals surface area contributed by atoms with Crippen molar-refractivity contribution in [3.05, 3.63) is 53.7 Å². The molecular weight excluding hydrogens is 252 g/mol. The van der Waals surface area contributed by atoms with Crippen molar-refractivity contribution in [2.24, 2.45) is 0 Å².